The van der Waals surface area contributed by atoms with E-state index in [2.05, 4.69) is 14.9 Å². The average molecular weight is 274 g/mol. The first-order valence-electron chi connectivity index (χ1n) is 4.52. The van der Waals surface area contributed by atoms with Gasteiger partial charge in [0.05, 0.1) is 9.92 Å². The summed E-state index contributed by atoms with van der Waals surface area (Å²) in [4.78, 5) is 0.182. The van der Waals surface area contributed by atoms with Crippen molar-refractivity contribution in [2.24, 2.45) is 0 Å². The summed E-state index contributed by atoms with van der Waals surface area (Å²) < 4.78 is 29.0. The minimum absolute atomic E-state index is 0.130. The van der Waals surface area contributed by atoms with E-state index in [4.69, 9.17) is 11.6 Å². The first-order valence-corrected chi connectivity index (χ1v) is 5.71. The predicted octanol–water partition coefficient (Wildman–Crippen LogP) is 3.53. The topological polar surface area (TPSA) is 37.8 Å². The molecule has 17 heavy (non-hydrogen) atoms. The van der Waals surface area contributed by atoms with Gasteiger partial charge in [-0.25, -0.2) is 8.78 Å². The molecule has 0 amide bonds. The molecule has 0 fully saturated rings. The Bertz CT molecular complexity index is 524. The summed E-state index contributed by atoms with van der Waals surface area (Å²) in [6.45, 7) is 0. The molecule has 0 spiro atoms. The van der Waals surface area contributed by atoms with E-state index in [1.54, 1.807) is 12.1 Å². The van der Waals surface area contributed by atoms with Gasteiger partial charge in [-0.05, 0) is 30.1 Å². The second-order valence-corrected chi connectivity index (χ2v) is 4.27. The van der Waals surface area contributed by atoms with E-state index in [1.807, 2.05) is 0 Å². The van der Waals surface area contributed by atoms with Gasteiger partial charge in [0.15, 0.2) is 5.82 Å². The van der Waals surface area contributed by atoms with Gasteiger partial charge in [0.1, 0.15) is 11.6 Å². The van der Waals surface area contributed by atoms with Crippen LogP contribution in [0.25, 0.3) is 0 Å². The van der Waals surface area contributed by atoms with Gasteiger partial charge < -0.3 is 4.72 Å². The Morgan fingerprint density at radius 1 is 1.24 bits per heavy atom. The third-order valence-corrected chi connectivity index (χ3v) is 2.95. The second-order valence-electron chi connectivity index (χ2n) is 3.01. The van der Waals surface area contributed by atoms with E-state index in [0.29, 0.717) is 5.82 Å². The van der Waals surface area contributed by atoms with Gasteiger partial charge in [-0.2, -0.15) is 5.10 Å². The highest BCUT2D eigenvalue weighted by molar-refractivity contribution is 8.00. The fraction of sp³-hybridized carbons (Fsp3) is 0. The van der Waals surface area contributed by atoms with Gasteiger partial charge in [0.25, 0.3) is 0 Å². The molecule has 0 bridgehead atoms. The summed E-state index contributed by atoms with van der Waals surface area (Å²) in [5.41, 5.74) is 0. The molecule has 7 heteroatoms. The van der Waals surface area contributed by atoms with E-state index >= 15 is 0 Å². The van der Waals surface area contributed by atoms with Gasteiger partial charge in [0.2, 0.25) is 0 Å². The highest BCUT2D eigenvalue weighted by Crippen LogP contribution is 2.27. The molecule has 88 valence electrons. The van der Waals surface area contributed by atoms with Crippen molar-refractivity contribution >= 4 is 29.4 Å². The SMILES string of the molecule is Fc1cc(F)c(SNc2cccnn2)cc1Cl. The Morgan fingerprint density at radius 3 is 2.76 bits per heavy atom. The van der Waals surface area contributed by atoms with Gasteiger partial charge in [-0.1, -0.05) is 11.6 Å². The van der Waals surface area contributed by atoms with E-state index in [-0.39, 0.29) is 9.92 Å². The van der Waals surface area contributed by atoms with Crippen molar-refractivity contribution in [3.63, 3.8) is 0 Å². The molecular formula is C10H6ClF2N3S. The standard InChI is InChI=1S/C10H6ClF2N3S/c11-6-4-9(8(13)5-7(6)12)17-16-10-2-1-3-14-15-10/h1-5H,(H,15,16). The summed E-state index contributed by atoms with van der Waals surface area (Å²) in [6, 6.07) is 5.30. The number of nitrogens with zero attached hydrogens (tertiary/aromatic N) is 2. The minimum atomic E-state index is -0.784. The molecular weight excluding hydrogens is 268 g/mol. The van der Waals surface area contributed by atoms with Crippen LogP contribution in [-0.2, 0) is 0 Å². The zero-order valence-electron chi connectivity index (χ0n) is 8.32. The van der Waals surface area contributed by atoms with Crippen LogP contribution < -0.4 is 4.72 Å². The second kappa shape index (κ2) is 5.29. The normalized spacial score (nSPS) is 10.3. The summed E-state index contributed by atoms with van der Waals surface area (Å²) in [7, 11) is 0. The van der Waals surface area contributed by atoms with Crippen molar-refractivity contribution in [3.8, 4) is 0 Å². The van der Waals surface area contributed by atoms with E-state index < -0.39 is 11.6 Å². The Hall–Kier alpha value is -1.40. The lowest BCUT2D eigenvalue weighted by Gasteiger charge is -2.05. The number of aromatic nitrogens is 2. The molecule has 0 atom stereocenters. The third kappa shape index (κ3) is 3.04. The van der Waals surface area contributed by atoms with Gasteiger partial charge >= 0.3 is 0 Å². The number of anilines is 1. The van der Waals surface area contributed by atoms with Crippen molar-refractivity contribution in [3.05, 3.63) is 47.1 Å². The highest BCUT2D eigenvalue weighted by Gasteiger charge is 2.09. The number of rotatable bonds is 3. The van der Waals surface area contributed by atoms with E-state index in [1.165, 1.54) is 12.3 Å². The molecule has 0 radical (unpaired) electrons. The van der Waals surface area contributed by atoms with Crippen molar-refractivity contribution in [1.29, 1.82) is 0 Å². The first kappa shape index (κ1) is 12.1. The number of hydrogen-bond donors (Lipinski definition) is 1. The van der Waals surface area contributed by atoms with Crippen LogP contribution in [0.2, 0.25) is 5.02 Å². The van der Waals surface area contributed by atoms with Crippen molar-refractivity contribution < 1.29 is 8.78 Å². The number of benzene rings is 1. The number of halogens is 3. The zero-order valence-corrected chi connectivity index (χ0v) is 9.90. The summed E-state index contributed by atoms with van der Waals surface area (Å²) in [5, 5.41) is 7.27. The molecule has 1 N–H and O–H groups in total. The summed E-state index contributed by atoms with van der Waals surface area (Å²) >= 11 is 6.50. The fourth-order valence-corrected chi connectivity index (χ4v) is 1.93. The van der Waals surface area contributed by atoms with Crippen molar-refractivity contribution in [2.75, 3.05) is 4.72 Å². The molecule has 0 unspecified atom stereocenters. The molecule has 0 aliphatic heterocycles. The first-order chi connectivity index (χ1) is 8.16. The lowest BCUT2D eigenvalue weighted by molar-refractivity contribution is 0.566. The number of hydrogen-bond acceptors (Lipinski definition) is 4. The van der Waals surface area contributed by atoms with Crippen LogP contribution in [0.15, 0.2) is 35.4 Å². The van der Waals surface area contributed by atoms with Crippen LogP contribution in [0.3, 0.4) is 0 Å². The quantitative estimate of drug-likeness (QED) is 0.686. The smallest absolute Gasteiger partial charge is 0.158 e. The van der Waals surface area contributed by atoms with Crippen LogP contribution in [-0.4, -0.2) is 10.2 Å². The lowest BCUT2D eigenvalue weighted by Crippen LogP contribution is -1.94. The maximum Gasteiger partial charge on any atom is 0.158 e. The Balaban J connectivity index is 2.12. The molecule has 3 nitrogen and oxygen atoms in total. The van der Waals surface area contributed by atoms with Crippen LogP contribution in [0.4, 0.5) is 14.6 Å². The third-order valence-electron chi connectivity index (χ3n) is 1.81. The average Bonchev–Trinajstić information content (AvgIpc) is 2.33. The van der Waals surface area contributed by atoms with Crippen LogP contribution >= 0.6 is 23.5 Å². The van der Waals surface area contributed by atoms with Crippen LogP contribution in [0, 0.1) is 11.6 Å². The highest BCUT2D eigenvalue weighted by atomic mass is 35.5. The molecule has 0 aliphatic carbocycles. The largest absolute Gasteiger partial charge is 0.309 e. The summed E-state index contributed by atoms with van der Waals surface area (Å²) in [5.74, 6) is -1.00. The van der Waals surface area contributed by atoms with Crippen molar-refractivity contribution in [1.82, 2.24) is 10.2 Å². The Labute approximate surface area is 105 Å². The number of nitrogens with one attached hydrogen (secondary N) is 1. The molecule has 2 aromatic rings. The van der Waals surface area contributed by atoms with Crippen LogP contribution in [0.5, 0.6) is 0 Å². The predicted molar refractivity (Wildman–Crippen MR) is 62.9 cm³/mol. The Kier molecular flexibility index (Phi) is 3.75. The van der Waals surface area contributed by atoms with E-state index in [0.717, 1.165) is 18.0 Å². The molecule has 0 saturated carbocycles. The molecule has 1 aromatic carbocycles. The monoisotopic (exact) mass is 273 g/mol. The van der Waals surface area contributed by atoms with Crippen molar-refractivity contribution in [2.45, 2.75) is 4.90 Å². The molecule has 0 saturated heterocycles. The van der Waals surface area contributed by atoms with Gasteiger partial charge in [-0.3, -0.25) is 0 Å². The molecule has 1 aromatic heterocycles. The maximum atomic E-state index is 13.3. The minimum Gasteiger partial charge on any atom is -0.309 e. The van der Waals surface area contributed by atoms with Gasteiger partial charge in [0, 0.05) is 12.3 Å². The maximum absolute atomic E-state index is 13.3. The molecule has 1 heterocycles. The van der Waals surface area contributed by atoms with Crippen LogP contribution in [0.1, 0.15) is 0 Å². The zero-order chi connectivity index (χ0) is 12.3. The van der Waals surface area contributed by atoms with E-state index in [9.17, 15) is 8.78 Å². The fourth-order valence-electron chi connectivity index (χ4n) is 1.05. The molecule has 2 rings (SSSR count). The molecule has 0 aliphatic rings. The summed E-state index contributed by atoms with van der Waals surface area (Å²) in [6.07, 6.45) is 1.52. The Morgan fingerprint density at radius 2 is 2.06 bits per heavy atom. The lowest BCUT2D eigenvalue weighted by atomic mass is 10.3. The van der Waals surface area contributed by atoms with Gasteiger partial charge in [-0.15, -0.1) is 5.10 Å².